The van der Waals surface area contributed by atoms with Gasteiger partial charge in [-0.05, 0) is 56.0 Å². The molecule has 0 spiro atoms. The molecule has 1 aliphatic carbocycles. The Hall–Kier alpha value is -2.73. The van der Waals surface area contributed by atoms with E-state index in [0.717, 1.165) is 26.8 Å². The zero-order chi connectivity index (χ0) is 21.4. The van der Waals surface area contributed by atoms with Crippen molar-refractivity contribution in [2.24, 2.45) is 10.9 Å². The highest BCUT2D eigenvalue weighted by atomic mass is 32.1. The van der Waals surface area contributed by atoms with Crippen LogP contribution in [0, 0.1) is 12.8 Å². The van der Waals surface area contributed by atoms with E-state index in [0.29, 0.717) is 24.1 Å². The summed E-state index contributed by atoms with van der Waals surface area (Å²) in [5.74, 6) is -0.193. The number of ketones is 1. The fourth-order valence-corrected chi connectivity index (χ4v) is 5.64. The van der Waals surface area contributed by atoms with Gasteiger partial charge < -0.3 is 9.47 Å². The molecule has 1 aromatic heterocycles. The molecule has 1 aromatic carbocycles. The van der Waals surface area contributed by atoms with E-state index in [4.69, 9.17) is 14.5 Å². The van der Waals surface area contributed by atoms with E-state index in [1.54, 1.807) is 18.4 Å². The summed E-state index contributed by atoms with van der Waals surface area (Å²) in [5, 5.41) is 0. The summed E-state index contributed by atoms with van der Waals surface area (Å²) >= 11 is 1.62. The maximum absolute atomic E-state index is 13.4. The zero-order valence-electron chi connectivity index (χ0n) is 17.6. The number of fused-ring (bicyclic) bond motifs is 1. The fourth-order valence-electron chi connectivity index (χ4n) is 4.61. The Balaban J connectivity index is 1.77. The van der Waals surface area contributed by atoms with E-state index < -0.39 is 11.9 Å². The molecule has 30 heavy (non-hydrogen) atoms. The van der Waals surface area contributed by atoms with Gasteiger partial charge >= 0.3 is 5.97 Å². The Labute approximate surface area is 180 Å². The van der Waals surface area contributed by atoms with Gasteiger partial charge in [0.15, 0.2) is 0 Å². The standard InChI is InChI=1S/C24H25NO4S/c1-13-8-9-20(30-13)23-21(24(27)29-4)14(2)25-18-11-16(12-19(26)22(18)23)15-6-5-7-17(10-15)28-3/h5-10,16,22-23H,11-12H2,1-4H3/t16-,22?,23-/m1/s1. The Kier molecular flexibility index (Phi) is 5.60. The number of esters is 1. The normalized spacial score (nSPS) is 23.7. The van der Waals surface area contributed by atoms with Crippen LogP contribution in [0.5, 0.6) is 5.75 Å². The van der Waals surface area contributed by atoms with Gasteiger partial charge in [0, 0.05) is 33.5 Å². The largest absolute Gasteiger partial charge is 0.497 e. The van der Waals surface area contributed by atoms with E-state index >= 15 is 0 Å². The highest BCUT2D eigenvalue weighted by Crippen LogP contribution is 2.47. The van der Waals surface area contributed by atoms with Crippen LogP contribution in [-0.4, -0.2) is 31.7 Å². The second-order valence-corrected chi connectivity index (χ2v) is 9.17. The molecular formula is C24H25NO4S. The number of ether oxygens (including phenoxy) is 2. The molecule has 5 nitrogen and oxygen atoms in total. The first-order valence-electron chi connectivity index (χ1n) is 10.0. The molecule has 2 aromatic rings. The Morgan fingerprint density at radius 2 is 1.90 bits per heavy atom. The number of benzene rings is 1. The average molecular weight is 424 g/mol. The molecule has 0 N–H and O–H groups in total. The van der Waals surface area contributed by atoms with E-state index in [2.05, 4.69) is 0 Å². The van der Waals surface area contributed by atoms with Gasteiger partial charge in [-0.3, -0.25) is 9.79 Å². The SMILES string of the molecule is COC(=O)C1=C(C)N=C2C[C@@H](c3cccc(OC)c3)CC(=O)C2[C@@H]1c1ccc(C)s1. The monoisotopic (exact) mass is 423 g/mol. The lowest BCUT2D eigenvalue weighted by molar-refractivity contribution is -0.136. The zero-order valence-corrected chi connectivity index (χ0v) is 18.4. The molecule has 1 aliphatic heterocycles. The van der Waals surface area contributed by atoms with E-state index in [9.17, 15) is 9.59 Å². The van der Waals surface area contributed by atoms with Crippen molar-refractivity contribution in [2.45, 2.75) is 38.5 Å². The van der Waals surface area contributed by atoms with Crippen molar-refractivity contribution in [3.05, 3.63) is 63.0 Å². The first kappa shape index (κ1) is 20.5. The van der Waals surface area contributed by atoms with Crippen LogP contribution in [0.1, 0.15) is 46.9 Å². The number of aliphatic imine (C=N–C) groups is 1. The smallest absolute Gasteiger partial charge is 0.336 e. The lowest BCUT2D eigenvalue weighted by Gasteiger charge is -2.37. The molecule has 1 saturated carbocycles. The molecule has 2 heterocycles. The van der Waals surface area contributed by atoms with Crippen molar-refractivity contribution < 1.29 is 19.1 Å². The van der Waals surface area contributed by atoms with Crippen LogP contribution in [0.3, 0.4) is 0 Å². The van der Waals surface area contributed by atoms with E-state index in [1.165, 1.54) is 7.11 Å². The fraction of sp³-hybridized carbons (Fsp3) is 0.375. The van der Waals surface area contributed by atoms with Crippen molar-refractivity contribution >= 4 is 28.8 Å². The Bertz CT molecular complexity index is 1060. The number of methoxy groups -OCH3 is 2. The molecule has 2 aliphatic rings. The Morgan fingerprint density at radius 1 is 1.10 bits per heavy atom. The summed E-state index contributed by atoms with van der Waals surface area (Å²) in [6.45, 7) is 3.87. The number of hydrogen-bond donors (Lipinski definition) is 0. The van der Waals surface area contributed by atoms with Gasteiger partial charge in [0.2, 0.25) is 0 Å². The second-order valence-electron chi connectivity index (χ2n) is 7.85. The first-order valence-corrected chi connectivity index (χ1v) is 10.8. The lowest BCUT2D eigenvalue weighted by Crippen LogP contribution is -2.40. The van der Waals surface area contributed by atoms with E-state index in [-0.39, 0.29) is 17.6 Å². The van der Waals surface area contributed by atoms with Crippen LogP contribution in [0.25, 0.3) is 0 Å². The van der Waals surface area contributed by atoms with Crippen molar-refractivity contribution in [3.63, 3.8) is 0 Å². The summed E-state index contributed by atoms with van der Waals surface area (Å²) in [6.07, 6.45) is 1.11. The summed E-state index contributed by atoms with van der Waals surface area (Å²) in [6, 6.07) is 11.9. The maximum atomic E-state index is 13.4. The van der Waals surface area contributed by atoms with E-state index in [1.807, 2.05) is 50.2 Å². The summed E-state index contributed by atoms with van der Waals surface area (Å²) < 4.78 is 10.4. The highest BCUT2D eigenvalue weighted by Gasteiger charge is 2.46. The van der Waals surface area contributed by atoms with Crippen LogP contribution in [0.2, 0.25) is 0 Å². The molecule has 4 rings (SSSR count). The van der Waals surface area contributed by atoms with Crippen molar-refractivity contribution in [3.8, 4) is 5.75 Å². The number of allylic oxidation sites excluding steroid dienone is 1. The molecule has 1 unspecified atom stereocenters. The highest BCUT2D eigenvalue weighted by molar-refractivity contribution is 7.12. The van der Waals surface area contributed by atoms with Gasteiger partial charge in [-0.15, -0.1) is 11.3 Å². The molecule has 6 heteroatoms. The number of aryl methyl sites for hydroxylation is 1. The predicted octanol–water partition coefficient (Wildman–Crippen LogP) is 4.81. The third-order valence-corrected chi connectivity index (χ3v) is 7.08. The van der Waals surface area contributed by atoms with Gasteiger partial charge in [-0.1, -0.05) is 12.1 Å². The predicted molar refractivity (Wildman–Crippen MR) is 117 cm³/mol. The molecule has 156 valence electrons. The molecule has 0 radical (unpaired) electrons. The number of nitrogens with zero attached hydrogens (tertiary/aromatic N) is 1. The Morgan fingerprint density at radius 3 is 2.57 bits per heavy atom. The van der Waals surface area contributed by atoms with Crippen LogP contribution in [0.15, 0.2) is 52.7 Å². The van der Waals surface area contributed by atoms with Crippen LogP contribution in [-0.2, 0) is 14.3 Å². The second kappa shape index (κ2) is 8.19. The van der Waals surface area contributed by atoms with Crippen molar-refractivity contribution in [1.29, 1.82) is 0 Å². The quantitative estimate of drug-likeness (QED) is 0.662. The minimum atomic E-state index is -0.414. The minimum Gasteiger partial charge on any atom is -0.497 e. The van der Waals surface area contributed by atoms with Crippen molar-refractivity contribution in [1.82, 2.24) is 0 Å². The molecule has 0 bridgehead atoms. The molecular weight excluding hydrogens is 398 g/mol. The van der Waals surface area contributed by atoms with Gasteiger partial charge in [0.05, 0.1) is 25.7 Å². The third kappa shape index (κ3) is 3.60. The number of carbonyl (C=O) groups is 2. The lowest BCUT2D eigenvalue weighted by atomic mass is 9.67. The van der Waals surface area contributed by atoms with Gasteiger partial charge in [-0.2, -0.15) is 0 Å². The van der Waals surface area contributed by atoms with Crippen LogP contribution < -0.4 is 4.74 Å². The third-order valence-electron chi connectivity index (χ3n) is 5.99. The minimum absolute atomic E-state index is 0.0563. The van der Waals surface area contributed by atoms with Crippen LogP contribution >= 0.6 is 11.3 Å². The first-order chi connectivity index (χ1) is 14.4. The van der Waals surface area contributed by atoms with Crippen LogP contribution in [0.4, 0.5) is 0 Å². The number of Topliss-reactive ketones (excluding diaryl/α,β-unsaturated/α-hetero) is 1. The molecule has 3 atom stereocenters. The summed E-state index contributed by atoms with van der Waals surface area (Å²) in [7, 11) is 3.02. The topological polar surface area (TPSA) is 65.0 Å². The molecule has 0 saturated heterocycles. The number of hydrogen-bond acceptors (Lipinski definition) is 6. The summed E-state index contributed by atoms with van der Waals surface area (Å²) in [5.41, 5.74) is 3.08. The molecule has 0 amide bonds. The number of thiophene rings is 1. The average Bonchev–Trinajstić information content (AvgIpc) is 3.18. The van der Waals surface area contributed by atoms with Crippen molar-refractivity contribution in [2.75, 3.05) is 14.2 Å². The summed E-state index contributed by atoms with van der Waals surface area (Å²) in [4.78, 5) is 33.0. The number of rotatable bonds is 4. The maximum Gasteiger partial charge on any atom is 0.336 e. The van der Waals surface area contributed by atoms with Gasteiger partial charge in [0.25, 0.3) is 0 Å². The van der Waals surface area contributed by atoms with Gasteiger partial charge in [-0.25, -0.2) is 4.79 Å². The molecule has 1 fully saturated rings. The number of carbonyl (C=O) groups excluding carboxylic acids is 2. The van der Waals surface area contributed by atoms with Gasteiger partial charge in [0.1, 0.15) is 11.5 Å².